The first-order chi connectivity index (χ1) is 9.52. The molecule has 0 aliphatic carbocycles. The predicted octanol–water partition coefficient (Wildman–Crippen LogP) is 3.82. The third kappa shape index (κ3) is 3.94. The van der Waals surface area contributed by atoms with E-state index in [0.717, 1.165) is 44.6 Å². The first-order valence-corrected chi connectivity index (χ1v) is 7.64. The van der Waals surface area contributed by atoms with Gasteiger partial charge in [0, 0.05) is 25.8 Å². The van der Waals surface area contributed by atoms with Crippen molar-refractivity contribution in [1.29, 1.82) is 0 Å². The van der Waals surface area contributed by atoms with Crippen LogP contribution in [0.4, 0.5) is 4.39 Å². The summed E-state index contributed by atoms with van der Waals surface area (Å²) in [7, 11) is 0. The minimum atomic E-state index is -0.330. The molecule has 0 bridgehead atoms. The third-order valence-corrected chi connectivity index (χ3v) is 4.46. The molecule has 112 valence electrons. The summed E-state index contributed by atoms with van der Waals surface area (Å²) >= 11 is 6.11. The first-order valence-electron chi connectivity index (χ1n) is 7.26. The summed E-state index contributed by atoms with van der Waals surface area (Å²) in [4.78, 5) is 0. The minimum Gasteiger partial charge on any atom is -0.381 e. The van der Waals surface area contributed by atoms with Crippen LogP contribution in [0, 0.1) is 11.2 Å². The van der Waals surface area contributed by atoms with E-state index >= 15 is 0 Å². The van der Waals surface area contributed by atoms with Crippen LogP contribution in [-0.4, -0.2) is 25.8 Å². The molecular formula is C16H23ClFNO. The van der Waals surface area contributed by atoms with Gasteiger partial charge in [0.1, 0.15) is 5.82 Å². The molecule has 0 atom stereocenters. The molecule has 0 aromatic heterocycles. The van der Waals surface area contributed by atoms with Crippen LogP contribution in [0.1, 0.15) is 32.3 Å². The highest BCUT2D eigenvalue weighted by atomic mass is 35.5. The lowest BCUT2D eigenvalue weighted by molar-refractivity contribution is 0.0140. The maximum Gasteiger partial charge on any atom is 0.142 e. The minimum absolute atomic E-state index is 0.111. The second-order valence-corrected chi connectivity index (χ2v) is 6.42. The molecule has 1 aromatic carbocycles. The molecule has 0 spiro atoms. The van der Waals surface area contributed by atoms with Crippen molar-refractivity contribution in [2.75, 3.05) is 19.8 Å². The monoisotopic (exact) mass is 299 g/mol. The van der Waals surface area contributed by atoms with Gasteiger partial charge < -0.3 is 10.1 Å². The van der Waals surface area contributed by atoms with Crippen molar-refractivity contribution < 1.29 is 9.13 Å². The van der Waals surface area contributed by atoms with Gasteiger partial charge in [-0.05, 0) is 36.3 Å². The van der Waals surface area contributed by atoms with E-state index in [1.54, 1.807) is 6.07 Å². The van der Waals surface area contributed by atoms with Gasteiger partial charge in [-0.25, -0.2) is 4.39 Å². The summed E-state index contributed by atoms with van der Waals surface area (Å²) in [6.07, 6.45) is 2.77. The lowest BCUT2D eigenvalue weighted by atomic mass is 9.75. The molecule has 0 amide bonds. The number of hydrogen-bond acceptors (Lipinski definition) is 2. The van der Waals surface area contributed by atoms with Gasteiger partial charge in [-0.2, -0.15) is 0 Å². The first kappa shape index (κ1) is 15.7. The van der Waals surface area contributed by atoms with Crippen LogP contribution in [-0.2, 0) is 11.2 Å². The summed E-state index contributed by atoms with van der Waals surface area (Å²) < 4.78 is 19.1. The largest absolute Gasteiger partial charge is 0.381 e. The van der Waals surface area contributed by atoms with Crippen molar-refractivity contribution >= 4 is 11.6 Å². The Morgan fingerprint density at radius 2 is 2.05 bits per heavy atom. The molecule has 1 aliphatic heterocycles. The number of hydrogen-bond donors (Lipinski definition) is 1. The molecule has 1 aliphatic rings. The third-order valence-electron chi connectivity index (χ3n) is 4.04. The van der Waals surface area contributed by atoms with E-state index in [9.17, 15) is 4.39 Å². The van der Waals surface area contributed by atoms with Crippen molar-refractivity contribution in [3.05, 3.63) is 34.6 Å². The van der Waals surface area contributed by atoms with E-state index in [1.807, 2.05) is 6.07 Å². The standard InChI is InChI=1S/C16H23ClFNO/c1-12(2)19-11-16(6-8-20-9-7-16)10-13-4-3-5-14(18)15(13)17/h3-5,12,19H,6-11H2,1-2H3. The predicted molar refractivity (Wildman–Crippen MR) is 80.7 cm³/mol. The number of benzene rings is 1. The van der Waals surface area contributed by atoms with Crippen LogP contribution < -0.4 is 5.32 Å². The Hall–Kier alpha value is -0.640. The second-order valence-electron chi connectivity index (χ2n) is 6.04. The molecule has 1 heterocycles. The van der Waals surface area contributed by atoms with Gasteiger partial charge >= 0.3 is 0 Å². The maximum atomic E-state index is 13.6. The average Bonchev–Trinajstić information content (AvgIpc) is 2.43. The molecule has 2 rings (SSSR count). The van der Waals surface area contributed by atoms with Crippen LogP contribution in [0.15, 0.2) is 18.2 Å². The van der Waals surface area contributed by atoms with Crippen LogP contribution >= 0.6 is 11.6 Å². The molecule has 2 nitrogen and oxygen atoms in total. The van der Waals surface area contributed by atoms with Crippen molar-refractivity contribution in [3.8, 4) is 0 Å². The van der Waals surface area contributed by atoms with Gasteiger partial charge in [0.25, 0.3) is 0 Å². The fourth-order valence-corrected chi connectivity index (χ4v) is 2.92. The Bertz CT molecular complexity index is 444. The SMILES string of the molecule is CC(C)NCC1(Cc2cccc(F)c2Cl)CCOCC1. The van der Waals surface area contributed by atoms with E-state index in [4.69, 9.17) is 16.3 Å². The molecule has 0 saturated carbocycles. The van der Waals surface area contributed by atoms with Crippen molar-refractivity contribution in [1.82, 2.24) is 5.32 Å². The zero-order valence-corrected chi connectivity index (χ0v) is 13.0. The maximum absolute atomic E-state index is 13.6. The van der Waals surface area contributed by atoms with Crippen LogP contribution in [0.2, 0.25) is 5.02 Å². The molecular weight excluding hydrogens is 277 g/mol. The van der Waals surface area contributed by atoms with E-state index in [1.165, 1.54) is 6.07 Å². The average molecular weight is 300 g/mol. The Morgan fingerprint density at radius 3 is 2.70 bits per heavy atom. The number of halogens is 2. The highest BCUT2D eigenvalue weighted by Gasteiger charge is 2.33. The highest BCUT2D eigenvalue weighted by molar-refractivity contribution is 6.31. The lowest BCUT2D eigenvalue weighted by Crippen LogP contribution is -2.43. The Kier molecular flexibility index (Phi) is 5.42. The molecule has 1 fully saturated rings. The summed E-state index contributed by atoms with van der Waals surface area (Å²) in [5.74, 6) is -0.330. The molecule has 20 heavy (non-hydrogen) atoms. The summed E-state index contributed by atoms with van der Waals surface area (Å²) in [5, 5.41) is 3.78. The van der Waals surface area contributed by atoms with Crippen LogP contribution in [0.25, 0.3) is 0 Å². The molecule has 1 N–H and O–H groups in total. The summed E-state index contributed by atoms with van der Waals surface area (Å²) in [6.45, 7) is 6.74. The zero-order chi connectivity index (χ0) is 14.6. The van der Waals surface area contributed by atoms with E-state index in [2.05, 4.69) is 19.2 Å². The van der Waals surface area contributed by atoms with Crippen LogP contribution in [0.5, 0.6) is 0 Å². The van der Waals surface area contributed by atoms with Crippen molar-refractivity contribution in [2.45, 2.75) is 39.2 Å². The Morgan fingerprint density at radius 1 is 1.35 bits per heavy atom. The second kappa shape index (κ2) is 6.88. The Labute approximate surface area is 125 Å². The normalized spacial score (nSPS) is 18.4. The summed E-state index contributed by atoms with van der Waals surface area (Å²) in [6, 6.07) is 5.52. The molecule has 1 aromatic rings. The van der Waals surface area contributed by atoms with Crippen molar-refractivity contribution in [3.63, 3.8) is 0 Å². The quantitative estimate of drug-likeness (QED) is 0.892. The Balaban J connectivity index is 2.16. The zero-order valence-electron chi connectivity index (χ0n) is 12.2. The number of nitrogens with one attached hydrogen (secondary N) is 1. The highest BCUT2D eigenvalue weighted by Crippen LogP contribution is 2.36. The van der Waals surface area contributed by atoms with E-state index in [-0.39, 0.29) is 16.3 Å². The molecule has 1 saturated heterocycles. The molecule has 0 radical (unpaired) electrons. The van der Waals surface area contributed by atoms with E-state index < -0.39 is 0 Å². The lowest BCUT2D eigenvalue weighted by Gasteiger charge is -2.38. The number of ether oxygens (including phenoxy) is 1. The van der Waals surface area contributed by atoms with Crippen LogP contribution in [0.3, 0.4) is 0 Å². The molecule has 4 heteroatoms. The number of rotatable bonds is 5. The van der Waals surface area contributed by atoms with Gasteiger partial charge in [-0.1, -0.05) is 37.6 Å². The smallest absolute Gasteiger partial charge is 0.142 e. The topological polar surface area (TPSA) is 21.3 Å². The fourth-order valence-electron chi connectivity index (χ4n) is 2.73. The van der Waals surface area contributed by atoms with Gasteiger partial charge in [0.2, 0.25) is 0 Å². The van der Waals surface area contributed by atoms with Crippen molar-refractivity contribution in [2.24, 2.45) is 5.41 Å². The van der Waals surface area contributed by atoms with E-state index in [0.29, 0.717) is 6.04 Å². The van der Waals surface area contributed by atoms with Gasteiger partial charge in [-0.3, -0.25) is 0 Å². The van der Waals surface area contributed by atoms with Gasteiger partial charge in [0.05, 0.1) is 5.02 Å². The van der Waals surface area contributed by atoms with Gasteiger partial charge in [-0.15, -0.1) is 0 Å². The molecule has 0 unspecified atom stereocenters. The van der Waals surface area contributed by atoms with Gasteiger partial charge in [0.15, 0.2) is 0 Å². The fraction of sp³-hybridized carbons (Fsp3) is 0.625. The summed E-state index contributed by atoms with van der Waals surface area (Å²) in [5.41, 5.74) is 1.01.